The smallest absolute Gasteiger partial charge is 0.185 e. The number of hydrogen-bond donors (Lipinski definition) is 1. The van der Waals surface area contributed by atoms with E-state index in [0.29, 0.717) is 0 Å². The summed E-state index contributed by atoms with van der Waals surface area (Å²) in [6.45, 7) is 1.63. The standard InChI is InChI=1S/C18H20N4S/c1-22(2)18-21-17(13-23-18)12-20-11-14-3-5-15(6-4-14)16-7-9-19-10-8-16/h3-10,13,20H,11-12H2,1-2H3. The van der Waals surface area contributed by atoms with E-state index in [4.69, 9.17) is 0 Å². The molecule has 0 aliphatic rings. The summed E-state index contributed by atoms with van der Waals surface area (Å²) in [4.78, 5) is 10.7. The monoisotopic (exact) mass is 324 g/mol. The maximum atomic E-state index is 4.57. The molecule has 0 aliphatic carbocycles. The molecule has 1 N–H and O–H groups in total. The molecule has 118 valence electrons. The number of rotatable bonds is 6. The Bertz CT molecular complexity index is 735. The minimum absolute atomic E-state index is 0.788. The molecule has 0 bridgehead atoms. The molecule has 2 aromatic heterocycles. The number of aromatic nitrogens is 2. The summed E-state index contributed by atoms with van der Waals surface area (Å²) in [5, 5.41) is 6.60. The SMILES string of the molecule is CN(C)c1nc(CNCc2ccc(-c3ccncc3)cc2)cs1. The van der Waals surface area contributed by atoms with Crippen LogP contribution in [-0.2, 0) is 13.1 Å². The highest BCUT2D eigenvalue weighted by Crippen LogP contribution is 2.19. The normalized spacial score (nSPS) is 10.7. The number of anilines is 1. The van der Waals surface area contributed by atoms with E-state index >= 15 is 0 Å². The van der Waals surface area contributed by atoms with Crippen LogP contribution in [0.3, 0.4) is 0 Å². The quantitative estimate of drug-likeness (QED) is 0.753. The molecular weight excluding hydrogens is 304 g/mol. The molecule has 3 rings (SSSR count). The van der Waals surface area contributed by atoms with Gasteiger partial charge in [-0.3, -0.25) is 4.98 Å². The molecule has 0 radical (unpaired) electrons. The Hall–Kier alpha value is -2.24. The maximum Gasteiger partial charge on any atom is 0.185 e. The highest BCUT2D eigenvalue weighted by Gasteiger charge is 2.03. The van der Waals surface area contributed by atoms with Crippen molar-refractivity contribution in [1.29, 1.82) is 0 Å². The highest BCUT2D eigenvalue weighted by molar-refractivity contribution is 7.13. The summed E-state index contributed by atoms with van der Waals surface area (Å²) >= 11 is 1.67. The van der Waals surface area contributed by atoms with Crippen LogP contribution in [0.2, 0.25) is 0 Å². The fraction of sp³-hybridized carbons (Fsp3) is 0.222. The van der Waals surface area contributed by atoms with Gasteiger partial charge >= 0.3 is 0 Å². The third kappa shape index (κ3) is 4.15. The minimum atomic E-state index is 0.788. The van der Waals surface area contributed by atoms with Gasteiger partial charge in [-0.25, -0.2) is 4.98 Å². The summed E-state index contributed by atoms with van der Waals surface area (Å²) in [5.41, 5.74) is 4.77. The average Bonchev–Trinajstić information content (AvgIpc) is 3.06. The van der Waals surface area contributed by atoms with Crippen LogP contribution in [0, 0.1) is 0 Å². The number of benzene rings is 1. The molecule has 0 saturated carbocycles. The predicted octanol–water partition coefficient (Wildman–Crippen LogP) is 3.56. The summed E-state index contributed by atoms with van der Waals surface area (Å²) in [6, 6.07) is 12.7. The second-order valence-electron chi connectivity index (χ2n) is 5.55. The first-order valence-corrected chi connectivity index (χ1v) is 8.42. The third-order valence-electron chi connectivity index (χ3n) is 3.53. The summed E-state index contributed by atoms with van der Waals surface area (Å²) in [5.74, 6) is 0. The first-order chi connectivity index (χ1) is 11.2. The third-order valence-corrected chi connectivity index (χ3v) is 4.58. The largest absolute Gasteiger partial charge is 0.354 e. The van der Waals surface area contributed by atoms with E-state index in [1.165, 1.54) is 16.7 Å². The summed E-state index contributed by atoms with van der Waals surface area (Å²) in [6.07, 6.45) is 3.64. The van der Waals surface area contributed by atoms with Gasteiger partial charge in [0.1, 0.15) is 0 Å². The molecule has 0 saturated heterocycles. The van der Waals surface area contributed by atoms with E-state index in [2.05, 4.69) is 44.9 Å². The lowest BCUT2D eigenvalue weighted by Crippen LogP contribution is -2.13. The molecule has 5 heteroatoms. The van der Waals surface area contributed by atoms with Gasteiger partial charge in [0.05, 0.1) is 5.69 Å². The van der Waals surface area contributed by atoms with Gasteiger partial charge in [0.25, 0.3) is 0 Å². The van der Waals surface area contributed by atoms with Gasteiger partial charge in [-0.2, -0.15) is 0 Å². The Morgan fingerprint density at radius 3 is 2.30 bits per heavy atom. The van der Waals surface area contributed by atoms with Gasteiger partial charge in [0.15, 0.2) is 5.13 Å². The molecule has 0 unspecified atom stereocenters. The first kappa shape index (κ1) is 15.6. The van der Waals surface area contributed by atoms with Crippen molar-refractivity contribution in [3.8, 4) is 11.1 Å². The van der Waals surface area contributed by atoms with Crippen molar-refractivity contribution >= 4 is 16.5 Å². The summed E-state index contributed by atoms with van der Waals surface area (Å²) < 4.78 is 0. The van der Waals surface area contributed by atoms with Crippen LogP contribution in [0.1, 0.15) is 11.3 Å². The Labute approximate surface area is 140 Å². The fourth-order valence-corrected chi connectivity index (χ4v) is 3.04. The zero-order valence-corrected chi connectivity index (χ0v) is 14.2. The molecule has 0 atom stereocenters. The van der Waals surface area contributed by atoms with Gasteiger partial charge in [-0.05, 0) is 28.8 Å². The van der Waals surface area contributed by atoms with Crippen molar-refractivity contribution in [3.63, 3.8) is 0 Å². The number of pyridine rings is 1. The molecular formula is C18H20N4S. The zero-order chi connectivity index (χ0) is 16.1. The van der Waals surface area contributed by atoms with E-state index < -0.39 is 0 Å². The van der Waals surface area contributed by atoms with Gasteiger partial charge in [-0.1, -0.05) is 24.3 Å². The highest BCUT2D eigenvalue weighted by atomic mass is 32.1. The lowest BCUT2D eigenvalue weighted by atomic mass is 10.1. The van der Waals surface area contributed by atoms with Crippen LogP contribution in [0.15, 0.2) is 54.2 Å². The fourth-order valence-electron chi connectivity index (χ4n) is 2.28. The Balaban J connectivity index is 1.54. The van der Waals surface area contributed by atoms with E-state index in [1.54, 1.807) is 11.3 Å². The van der Waals surface area contributed by atoms with E-state index in [-0.39, 0.29) is 0 Å². The number of hydrogen-bond acceptors (Lipinski definition) is 5. The molecule has 0 amide bonds. The van der Waals surface area contributed by atoms with E-state index in [9.17, 15) is 0 Å². The molecule has 0 spiro atoms. The van der Waals surface area contributed by atoms with E-state index in [0.717, 1.165) is 23.9 Å². The van der Waals surface area contributed by atoms with Crippen LogP contribution in [0.25, 0.3) is 11.1 Å². The second kappa shape index (κ2) is 7.35. The Morgan fingerprint density at radius 2 is 1.65 bits per heavy atom. The number of thiazole rings is 1. The molecule has 1 aromatic carbocycles. The lowest BCUT2D eigenvalue weighted by Gasteiger charge is -2.07. The van der Waals surface area contributed by atoms with Crippen molar-refractivity contribution in [2.75, 3.05) is 19.0 Å². The van der Waals surface area contributed by atoms with Gasteiger partial charge < -0.3 is 10.2 Å². The lowest BCUT2D eigenvalue weighted by molar-refractivity contribution is 0.682. The van der Waals surface area contributed by atoms with Gasteiger partial charge in [-0.15, -0.1) is 11.3 Å². The van der Waals surface area contributed by atoms with Crippen molar-refractivity contribution in [1.82, 2.24) is 15.3 Å². The maximum absolute atomic E-state index is 4.57. The first-order valence-electron chi connectivity index (χ1n) is 7.54. The molecule has 2 heterocycles. The predicted molar refractivity (Wildman–Crippen MR) is 96.7 cm³/mol. The van der Waals surface area contributed by atoms with Crippen LogP contribution in [-0.4, -0.2) is 24.1 Å². The van der Waals surface area contributed by atoms with Crippen molar-refractivity contribution in [2.24, 2.45) is 0 Å². The topological polar surface area (TPSA) is 41.1 Å². The van der Waals surface area contributed by atoms with Crippen LogP contribution < -0.4 is 10.2 Å². The van der Waals surface area contributed by atoms with Crippen LogP contribution in [0.5, 0.6) is 0 Å². The molecule has 0 fully saturated rings. The molecule has 4 nitrogen and oxygen atoms in total. The summed E-state index contributed by atoms with van der Waals surface area (Å²) in [7, 11) is 4.03. The van der Waals surface area contributed by atoms with E-state index in [1.807, 2.05) is 43.5 Å². The number of nitrogens with zero attached hydrogens (tertiary/aromatic N) is 3. The Kier molecular flexibility index (Phi) is 5.00. The molecule has 0 aliphatic heterocycles. The van der Waals surface area contributed by atoms with Crippen molar-refractivity contribution in [3.05, 3.63) is 65.4 Å². The zero-order valence-electron chi connectivity index (χ0n) is 13.4. The molecule has 3 aromatic rings. The molecule has 23 heavy (non-hydrogen) atoms. The van der Waals surface area contributed by atoms with Crippen molar-refractivity contribution in [2.45, 2.75) is 13.1 Å². The number of nitrogens with one attached hydrogen (secondary N) is 1. The Morgan fingerprint density at radius 1 is 0.957 bits per heavy atom. The van der Waals surface area contributed by atoms with Gasteiger partial charge in [0, 0.05) is 45.0 Å². The second-order valence-corrected chi connectivity index (χ2v) is 6.39. The van der Waals surface area contributed by atoms with Crippen LogP contribution in [0.4, 0.5) is 5.13 Å². The minimum Gasteiger partial charge on any atom is -0.354 e. The van der Waals surface area contributed by atoms with Crippen molar-refractivity contribution < 1.29 is 0 Å². The van der Waals surface area contributed by atoms with Gasteiger partial charge in [0.2, 0.25) is 0 Å². The average molecular weight is 324 g/mol. The van der Waals surface area contributed by atoms with Crippen LogP contribution >= 0.6 is 11.3 Å².